The molecule has 1 unspecified atom stereocenters. The van der Waals surface area contributed by atoms with Gasteiger partial charge in [0.2, 0.25) is 0 Å². The molecule has 0 saturated heterocycles. The van der Waals surface area contributed by atoms with E-state index in [1.807, 2.05) is 6.92 Å². The third-order valence-corrected chi connectivity index (χ3v) is 2.85. The lowest BCUT2D eigenvalue weighted by Gasteiger charge is -2.22. The lowest BCUT2D eigenvalue weighted by atomic mass is 10.0. The van der Waals surface area contributed by atoms with Gasteiger partial charge in [0.15, 0.2) is 5.75 Å². The van der Waals surface area contributed by atoms with E-state index in [2.05, 4.69) is 0 Å². The monoisotopic (exact) mass is 276 g/mol. The molecular formula is C11H14ClFN2O3. The third kappa shape index (κ3) is 3.54. The van der Waals surface area contributed by atoms with Gasteiger partial charge in [-0.25, -0.2) is 4.39 Å². The second-order valence-corrected chi connectivity index (χ2v) is 4.69. The zero-order valence-electron chi connectivity index (χ0n) is 10.1. The Balaban J connectivity index is 3.01. The molecule has 100 valence electrons. The predicted molar refractivity (Wildman–Crippen MR) is 66.4 cm³/mol. The van der Waals surface area contributed by atoms with E-state index in [0.29, 0.717) is 6.42 Å². The number of halogens is 2. The lowest BCUT2D eigenvalue weighted by Crippen LogP contribution is -2.41. The minimum absolute atomic E-state index is 0.0470. The Labute approximate surface area is 109 Å². The van der Waals surface area contributed by atoms with Gasteiger partial charge in [-0.05, 0) is 13.3 Å². The highest BCUT2D eigenvalue weighted by atomic mass is 35.5. The van der Waals surface area contributed by atoms with E-state index < -0.39 is 16.3 Å². The van der Waals surface area contributed by atoms with Crippen molar-refractivity contribution < 1.29 is 14.1 Å². The Kier molecular flexibility index (Phi) is 4.48. The highest BCUT2D eigenvalue weighted by Crippen LogP contribution is 2.32. The highest BCUT2D eigenvalue weighted by molar-refractivity contribution is 6.31. The van der Waals surface area contributed by atoms with Gasteiger partial charge in [0.1, 0.15) is 12.4 Å². The fourth-order valence-electron chi connectivity index (χ4n) is 1.12. The zero-order valence-corrected chi connectivity index (χ0v) is 10.8. The molecule has 0 spiro atoms. The fourth-order valence-corrected chi connectivity index (χ4v) is 1.28. The van der Waals surface area contributed by atoms with Crippen LogP contribution in [-0.4, -0.2) is 17.1 Å². The SMILES string of the molecule is CCC(C)(N)COc1cc(F)c(Cl)cc1[N+](=O)[O-]. The summed E-state index contributed by atoms with van der Waals surface area (Å²) in [4.78, 5) is 10.1. The number of hydrogen-bond acceptors (Lipinski definition) is 4. The number of nitrogens with two attached hydrogens (primary N) is 1. The largest absolute Gasteiger partial charge is 0.485 e. The third-order valence-electron chi connectivity index (χ3n) is 2.56. The van der Waals surface area contributed by atoms with E-state index in [4.69, 9.17) is 22.1 Å². The first-order valence-electron chi connectivity index (χ1n) is 5.32. The molecule has 0 amide bonds. The van der Waals surface area contributed by atoms with Crippen LogP contribution in [0.2, 0.25) is 5.02 Å². The topological polar surface area (TPSA) is 78.4 Å². The quantitative estimate of drug-likeness (QED) is 0.662. The van der Waals surface area contributed by atoms with Crippen molar-refractivity contribution in [3.8, 4) is 5.75 Å². The molecule has 1 atom stereocenters. The minimum Gasteiger partial charge on any atom is -0.485 e. The molecule has 18 heavy (non-hydrogen) atoms. The summed E-state index contributed by atoms with van der Waals surface area (Å²) in [7, 11) is 0. The molecule has 0 aliphatic heterocycles. The van der Waals surface area contributed by atoms with Crippen LogP contribution >= 0.6 is 11.6 Å². The Morgan fingerprint density at radius 2 is 2.22 bits per heavy atom. The van der Waals surface area contributed by atoms with Gasteiger partial charge >= 0.3 is 5.69 Å². The Morgan fingerprint density at radius 1 is 1.61 bits per heavy atom. The maximum absolute atomic E-state index is 13.3. The van der Waals surface area contributed by atoms with E-state index in [1.165, 1.54) is 0 Å². The summed E-state index contributed by atoms with van der Waals surface area (Å²) in [6.45, 7) is 3.65. The average Bonchev–Trinajstić information content (AvgIpc) is 2.30. The first-order chi connectivity index (χ1) is 8.26. The first-order valence-corrected chi connectivity index (χ1v) is 5.70. The molecule has 0 aliphatic rings. The van der Waals surface area contributed by atoms with Crippen molar-refractivity contribution in [2.24, 2.45) is 5.73 Å². The van der Waals surface area contributed by atoms with Crippen molar-refractivity contribution in [1.82, 2.24) is 0 Å². The molecule has 5 nitrogen and oxygen atoms in total. The maximum Gasteiger partial charge on any atom is 0.312 e. The van der Waals surface area contributed by atoms with E-state index in [1.54, 1.807) is 6.92 Å². The first kappa shape index (κ1) is 14.7. The Morgan fingerprint density at radius 3 is 2.72 bits per heavy atom. The second-order valence-electron chi connectivity index (χ2n) is 4.29. The number of nitro benzene ring substituents is 1. The number of rotatable bonds is 5. The van der Waals surface area contributed by atoms with Gasteiger partial charge in [0.05, 0.1) is 9.95 Å². The summed E-state index contributed by atoms with van der Waals surface area (Å²) in [6.07, 6.45) is 0.622. The van der Waals surface area contributed by atoms with Crippen LogP contribution in [0, 0.1) is 15.9 Å². The van der Waals surface area contributed by atoms with Crippen LogP contribution in [0.25, 0.3) is 0 Å². The van der Waals surface area contributed by atoms with E-state index >= 15 is 0 Å². The van der Waals surface area contributed by atoms with Crippen molar-refractivity contribution in [3.63, 3.8) is 0 Å². The Bertz CT molecular complexity index is 466. The van der Waals surface area contributed by atoms with Crippen molar-refractivity contribution in [3.05, 3.63) is 33.1 Å². The molecule has 0 radical (unpaired) electrons. The van der Waals surface area contributed by atoms with Crippen molar-refractivity contribution in [2.45, 2.75) is 25.8 Å². The van der Waals surface area contributed by atoms with Gasteiger partial charge in [-0.2, -0.15) is 0 Å². The average molecular weight is 277 g/mol. The molecule has 1 aromatic rings. The molecule has 1 aromatic carbocycles. The van der Waals surface area contributed by atoms with Crippen LogP contribution in [-0.2, 0) is 0 Å². The Hall–Kier alpha value is -1.40. The molecule has 2 N–H and O–H groups in total. The van der Waals surface area contributed by atoms with Crippen LogP contribution in [0.1, 0.15) is 20.3 Å². The van der Waals surface area contributed by atoms with Gasteiger partial charge in [0.25, 0.3) is 0 Å². The lowest BCUT2D eigenvalue weighted by molar-refractivity contribution is -0.385. The standard InChI is InChI=1S/C11H14ClFN2O3/c1-3-11(2,14)6-18-10-5-8(13)7(12)4-9(10)15(16)17/h4-5H,3,6,14H2,1-2H3. The summed E-state index contributed by atoms with van der Waals surface area (Å²) in [5.74, 6) is -0.945. The summed E-state index contributed by atoms with van der Waals surface area (Å²) < 4.78 is 18.5. The summed E-state index contributed by atoms with van der Waals surface area (Å²) in [6, 6.07) is 1.82. The van der Waals surface area contributed by atoms with Crippen LogP contribution in [0.5, 0.6) is 5.75 Å². The van der Waals surface area contributed by atoms with E-state index in [0.717, 1.165) is 12.1 Å². The van der Waals surface area contributed by atoms with Crippen LogP contribution in [0.15, 0.2) is 12.1 Å². The summed E-state index contributed by atoms with van der Waals surface area (Å²) >= 11 is 5.49. The van der Waals surface area contributed by atoms with Gasteiger partial charge in [-0.1, -0.05) is 18.5 Å². The van der Waals surface area contributed by atoms with Crippen molar-refractivity contribution >= 4 is 17.3 Å². The molecule has 0 heterocycles. The minimum atomic E-state index is -0.771. The van der Waals surface area contributed by atoms with Gasteiger partial charge in [-0.3, -0.25) is 10.1 Å². The number of ether oxygens (including phenoxy) is 1. The smallest absolute Gasteiger partial charge is 0.312 e. The molecule has 1 rings (SSSR count). The number of nitrogens with zero attached hydrogens (tertiary/aromatic N) is 1. The summed E-state index contributed by atoms with van der Waals surface area (Å²) in [5.41, 5.74) is 4.83. The number of nitro groups is 1. The fraction of sp³-hybridized carbons (Fsp3) is 0.455. The molecule has 0 fully saturated rings. The zero-order chi connectivity index (χ0) is 13.9. The highest BCUT2D eigenvalue weighted by Gasteiger charge is 2.22. The molecule has 0 aliphatic carbocycles. The van der Waals surface area contributed by atoms with Gasteiger partial charge in [-0.15, -0.1) is 0 Å². The number of benzene rings is 1. The normalized spacial score (nSPS) is 14.1. The van der Waals surface area contributed by atoms with Crippen LogP contribution < -0.4 is 10.5 Å². The number of hydrogen-bond donors (Lipinski definition) is 1. The van der Waals surface area contributed by atoms with Crippen molar-refractivity contribution in [2.75, 3.05) is 6.61 Å². The van der Waals surface area contributed by atoms with E-state index in [9.17, 15) is 14.5 Å². The molecule has 0 bridgehead atoms. The maximum atomic E-state index is 13.3. The van der Waals surface area contributed by atoms with Gasteiger partial charge in [0, 0.05) is 17.7 Å². The second kappa shape index (κ2) is 5.49. The van der Waals surface area contributed by atoms with Crippen LogP contribution in [0.3, 0.4) is 0 Å². The molecular weight excluding hydrogens is 263 g/mol. The molecule has 0 aromatic heterocycles. The predicted octanol–water partition coefficient (Wildman–Crippen LogP) is 2.89. The van der Waals surface area contributed by atoms with Crippen molar-refractivity contribution in [1.29, 1.82) is 0 Å². The summed E-state index contributed by atoms with van der Waals surface area (Å²) in [5, 5.41) is 10.5. The molecule has 0 saturated carbocycles. The van der Waals surface area contributed by atoms with Gasteiger partial charge < -0.3 is 10.5 Å². The molecule has 7 heteroatoms. The van der Waals surface area contributed by atoms with E-state index in [-0.39, 0.29) is 23.1 Å². The van der Waals surface area contributed by atoms with Crippen LogP contribution in [0.4, 0.5) is 10.1 Å².